The Bertz CT molecular complexity index is 1060. The summed E-state index contributed by atoms with van der Waals surface area (Å²) in [4.78, 5) is 3.55. The highest BCUT2D eigenvalue weighted by molar-refractivity contribution is 5.55. The Morgan fingerprint density at radius 3 is 1.51 bits per heavy atom. The molecule has 0 N–H and O–H groups in total. The summed E-state index contributed by atoms with van der Waals surface area (Å²) in [7, 11) is 1.74. The lowest BCUT2D eigenvalue weighted by Crippen LogP contribution is -2.23. The molecule has 0 unspecified atom stereocenters. The average Bonchev–Trinajstić information content (AvgIpc) is 2.78. The minimum absolute atomic E-state index is 0.339. The van der Waals surface area contributed by atoms with Gasteiger partial charge >= 0.3 is 12.4 Å². The molecule has 0 saturated carbocycles. The van der Waals surface area contributed by atoms with Crippen molar-refractivity contribution in [3.8, 4) is 12.1 Å². The highest BCUT2D eigenvalue weighted by Crippen LogP contribution is 2.35. The van der Waals surface area contributed by atoms with E-state index in [2.05, 4.69) is 0 Å². The first-order chi connectivity index (χ1) is 16.2. The van der Waals surface area contributed by atoms with Crippen LogP contribution in [0.25, 0.3) is 0 Å². The topological polar surface area (TPSA) is 54.1 Å². The van der Waals surface area contributed by atoms with E-state index in [0.29, 0.717) is 36.9 Å². The first-order valence-electron chi connectivity index (χ1n) is 10.9. The van der Waals surface area contributed by atoms with Crippen molar-refractivity contribution < 1.29 is 26.3 Å². The fourth-order valence-corrected chi connectivity index (χ4v) is 3.40. The molecule has 0 aromatic heterocycles. The van der Waals surface area contributed by atoms with E-state index in [0.717, 1.165) is 12.1 Å². The third-order valence-electron chi connectivity index (χ3n) is 5.07. The van der Waals surface area contributed by atoms with Crippen molar-refractivity contribution in [2.75, 3.05) is 36.5 Å². The minimum atomic E-state index is -4.50. The molecule has 0 saturated heterocycles. The molecule has 4 nitrogen and oxygen atoms in total. The van der Waals surface area contributed by atoms with Crippen LogP contribution in [0, 0.1) is 28.6 Å². The van der Waals surface area contributed by atoms with Gasteiger partial charge in [-0.1, -0.05) is 13.8 Å². The van der Waals surface area contributed by atoms with Crippen molar-refractivity contribution >= 4 is 11.4 Å². The van der Waals surface area contributed by atoms with E-state index < -0.39 is 23.5 Å². The molecule has 2 rings (SSSR count). The van der Waals surface area contributed by atoms with Crippen molar-refractivity contribution in [1.82, 2.24) is 0 Å². The van der Waals surface area contributed by atoms with Crippen LogP contribution in [0.1, 0.15) is 49.9 Å². The number of hydrogen-bond donors (Lipinski definition) is 0. The number of nitrogens with zero attached hydrogens (tertiary/aromatic N) is 4. The molecule has 0 fully saturated rings. The van der Waals surface area contributed by atoms with Gasteiger partial charge in [0.1, 0.15) is 0 Å². The summed E-state index contributed by atoms with van der Waals surface area (Å²) in [5.41, 5.74) is -1.48. The summed E-state index contributed by atoms with van der Waals surface area (Å²) >= 11 is 0. The SMILES string of the molecule is CC(C)CN(C)c1ccc(C#N)c(C(F)(F)F)c1.CCN(CC)c1ccc(C#N)c(C(F)(F)F)c1. The van der Waals surface area contributed by atoms with Crippen LogP contribution in [0.2, 0.25) is 0 Å². The van der Waals surface area contributed by atoms with Gasteiger partial charge in [0.05, 0.1) is 34.4 Å². The Morgan fingerprint density at radius 2 is 1.17 bits per heavy atom. The standard InChI is InChI=1S/C13H15F3N2.C12H13F3N2/c1-9(2)8-18(3)11-5-4-10(7-17)12(6-11)13(14,15)16;1-3-17(4-2)10-6-5-9(8-16)11(7-10)12(13,14)15/h4-6,9H,8H2,1-3H3;5-7H,3-4H2,1-2H3. The Balaban J connectivity index is 0.000000351. The molecule has 0 aliphatic heterocycles. The third-order valence-corrected chi connectivity index (χ3v) is 5.07. The molecule has 0 spiro atoms. The zero-order valence-corrected chi connectivity index (χ0v) is 20.2. The van der Waals surface area contributed by atoms with Gasteiger partial charge in [0.2, 0.25) is 0 Å². The molecule has 0 bridgehead atoms. The van der Waals surface area contributed by atoms with Gasteiger partial charge in [-0.3, -0.25) is 0 Å². The van der Waals surface area contributed by atoms with Gasteiger partial charge in [0.25, 0.3) is 0 Å². The van der Waals surface area contributed by atoms with Crippen LogP contribution in [0.4, 0.5) is 37.7 Å². The zero-order chi connectivity index (χ0) is 27.0. The van der Waals surface area contributed by atoms with Crippen LogP contribution in [-0.4, -0.2) is 26.7 Å². The van der Waals surface area contributed by atoms with Crippen LogP contribution in [0.3, 0.4) is 0 Å². The lowest BCUT2D eigenvalue weighted by Gasteiger charge is -2.22. The Hall–Kier alpha value is -3.40. The van der Waals surface area contributed by atoms with Crippen LogP contribution >= 0.6 is 0 Å². The third kappa shape index (κ3) is 8.40. The second-order valence-electron chi connectivity index (χ2n) is 8.13. The van der Waals surface area contributed by atoms with Crippen molar-refractivity contribution in [3.05, 3.63) is 58.7 Å². The lowest BCUT2D eigenvalue weighted by atomic mass is 10.1. The predicted octanol–water partition coefficient (Wildman–Crippen LogP) is 7.09. The fourth-order valence-electron chi connectivity index (χ4n) is 3.40. The highest BCUT2D eigenvalue weighted by atomic mass is 19.4. The molecule has 2 aromatic carbocycles. The maximum Gasteiger partial charge on any atom is 0.417 e. The molecule has 0 atom stereocenters. The summed E-state index contributed by atoms with van der Waals surface area (Å²) in [6, 6.07) is 10.7. The van der Waals surface area contributed by atoms with Gasteiger partial charge in [0.15, 0.2) is 0 Å². The molecule has 0 heterocycles. The monoisotopic (exact) mass is 498 g/mol. The molecule has 35 heavy (non-hydrogen) atoms. The van der Waals surface area contributed by atoms with Crippen LogP contribution in [0.5, 0.6) is 0 Å². The number of benzene rings is 2. The largest absolute Gasteiger partial charge is 0.417 e. The van der Waals surface area contributed by atoms with E-state index in [1.54, 1.807) is 35.1 Å². The second-order valence-corrected chi connectivity index (χ2v) is 8.13. The van der Waals surface area contributed by atoms with Crippen molar-refractivity contribution in [3.63, 3.8) is 0 Å². The first-order valence-corrected chi connectivity index (χ1v) is 10.9. The van der Waals surface area contributed by atoms with Crippen LogP contribution in [-0.2, 0) is 12.4 Å². The molecule has 0 amide bonds. The smallest absolute Gasteiger partial charge is 0.374 e. The average molecular weight is 499 g/mol. The van der Waals surface area contributed by atoms with E-state index in [1.807, 2.05) is 27.7 Å². The van der Waals surface area contributed by atoms with Crippen molar-refractivity contribution in [2.24, 2.45) is 5.92 Å². The summed E-state index contributed by atoms with van der Waals surface area (Å²) in [6.45, 7) is 9.63. The van der Waals surface area contributed by atoms with E-state index in [-0.39, 0.29) is 11.1 Å². The number of rotatable bonds is 6. The normalized spacial score (nSPS) is 11.3. The highest BCUT2D eigenvalue weighted by Gasteiger charge is 2.35. The molecule has 190 valence electrons. The number of alkyl halides is 6. The Morgan fingerprint density at radius 1 is 0.771 bits per heavy atom. The van der Waals surface area contributed by atoms with E-state index in [4.69, 9.17) is 10.5 Å². The molecule has 2 aromatic rings. The summed E-state index contributed by atoms with van der Waals surface area (Å²) < 4.78 is 76.5. The van der Waals surface area contributed by atoms with Gasteiger partial charge < -0.3 is 9.80 Å². The van der Waals surface area contributed by atoms with Crippen LogP contribution < -0.4 is 9.80 Å². The van der Waals surface area contributed by atoms with Gasteiger partial charge in [-0.05, 0) is 56.2 Å². The van der Waals surface area contributed by atoms with Gasteiger partial charge in [-0.2, -0.15) is 36.9 Å². The molecule has 10 heteroatoms. The predicted molar refractivity (Wildman–Crippen MR) is 124 cm³/mol. The molecular formula is C25H28F6N4. The molecule has 0 aliphatic rings. The maximum absolute atomic E-state index is 12.8. The van der Waals surface area contributed by atoms with E-state index >= 15 is 0 Å². The van der Waals surface area contributed by atoms with Crippen molar-refractivity contribution in [1.29, 1.82) is 10.5 Å². The zero-order valence-electron chi connectivity index (χ0n) is 20.2. The van der Waals surface area contributed by atoms with Crippen molar-refractivity contribution in [2.45, 2.75) is 40.0 Å². The number of anilines is 2. The first kappa shape index (κ1) is 29.6. The minimum Gasteiger partial charge on any atom is -0.374 e. The lowest BCUT2D eigenvalue weighted by molar-refractivity contribution is -0.138. The van der Waals surface area contributed by atoms with Gasteiger partial charge in [0, 0.05) is 38.1 Å². The fraction of sp³-hybridized carbons (Fsp3) is 0.440. The number of halogens is 6. The maximum atomic E-state index is 12.8. The van der Waals surface area contributed by atoms with Gasteiger partial charge in [-0.25, -0.2) is 0 Å². The molecule has 0 aliphatic carbocycles. The number of nitriles is 2. The summed E-state index contributed by atoms with van der Waals surface area (Å²) in [6.07, 6.45) is -8.99. The van der Waals surface area contributed by atoms with E-state index in [1.165, 1.54) is 18.2 Å². The quantitative estimate of drug-likeness (QED) is 0.399. The Kier molecular flexibility index (Phi) is 10.5. The molecular weight excluding hydrogens is 470 g/mol. The number of hydrogen-bond acceptors (Lipinski definition) is 4. The summed E-state index contributed by atoms with van der Waals surface area (Å²) in [5, 5.41) is 17.4. The summed E-state index contributed by atoms with van der Waals surface area (Å²) in [5.74, 6) is 0.347. The van der Waals surface area contributed by atoms with Gasteiger partial charge in [-0.15, -0.1) is 0 Å². The Labute approximate surface area is 202 Å². The molecule has 0 radical (unpaired) electrons. The van der Waals surface area contributed by atoms with Crippen LogP contribution in [0.15, 0.2) is 36.4 Å². The second kappa shape index (κ2) is 12.3. The van der Waals surface area contributed by atoms with E-state index in [9.17, 15) is 26.3 Å².